The summed E-state index contributed by atoms with van der Waals surface area (Å²) >= 11 is 0. The van der Waals surface area contributed by atoms with E-state index in [0.717, 1.165) is 70.1 Å². The lowest BCUT2D eigenvalue weighted by atomic mass is 9.98. The average Bonchev–Trinajstić information content (AvgIpc) is 3.17. The summed E-state index contributed by atoms with van der Waals surface area (Å²) in [6.07, 6.45) is 6.41. The summed E-state index contributed by atoms with van der Waals surface area (Å²) in [5.41, 5.74) is 0. The van der Waals surface area contributed by atoms with Gasteiger partial charge in [0.25, 0.3) is 0 Å². The maximum atomic E-state index is 12.6. The Morgan fingerprint density at radius 1 is 1.24 bits per heavy atom. The number of hydrogen-bond donors (Lipinski definition) is 2. The minimum absolute atomic E-state index is 0. The van der Waals surface area contributed by atoms with Gasteiger partial charge in [-0.3, -0.25) is 9.79 Å². The SMILES string of the molecule is CCNC(=NCCn1cnnc1CC)NC1CCN(C(=O)C(CC)CC)CC1.I. The van der Waals surface area contributed by atoms with Crippen LogP contribution in [0.3, 0.4) is 0 Å². The molecule has 1 aliphatic heterocycles. The number of carbonyl (C=O) groups excluding carboxylic acids is 1. The third kappa shape index (κ3) is 7.75. The number of carbonyl (C=O) groups is 1. The fraction of sp³-hybridized carbons (Fsp3) is 0.800. The van der Waals surface area contributed by atoms with Crippen molar-refractivity contribution in [1.82, 2.24) is 30.3 Å². The van der Waals surface area contributed by atoms with E-state index in [1.165, 1.54) is 0 Å². The Morgan fingerprint density at radius 3 is 2.52 bits per heavy atom. The van der Waals surface area contributed by atoms with Gasteiger partial charge in [-0.15, -0.1) is 34.2 Å². The molecule has 0 saturated carbocycles. The fourth-order valence-corrected chi connectivity index (χ4v) is 3.66. The molecule has 29 heavy (non-hydrogen) atoms. The van der Waals surface area contributed by atoms with Crippen molar-refractivity contribution in [2.75, 3.05) is 26.2 Å². The number of guanidine groups is 1. The molecule has 0 spiro atoms. The Balaban J connectivity index is 0.00000420. The molecule has 166 valence electrons. The number of rotatable bonds is 9. The molecular weight excluding hydrogens is 481 g/mol. The second kappa shape index (κ2) is 13.8. The number of piperidine rings is 1. The standard InChI is InChI=1S/C20H37N7O.HI/c1-5-16(6-2)19(28)26-12-9-17(10-13-26)24-20(21-8-4)22-11-14-27-15-23-25-18(27)7-3;/h15-17H,5-14H2,1-4H3,(H2,21,22,24);1H. The number of aliphatic imine (C=N–C) groups is 1. The van der Waals surface area contributed by atoms with Crippen LogP contribution in [-0.4, -0.2) is 63.8 Å². The van der Waals surface area contributed by atoms with Gasteiger partial charge in [0.15, 0.2) is 5.96 Å². The summed E-state index contributed by atoms with van der Waals surface area (Å²) < 4.78 is 2.05. The lowest BCUT2D eigenvalue weighted by molar-refractivity contribution is -0.136. The van der Waals surface area contributed by atoms with Crippen LogP contribution >= 0.6 is 24.0 Å². The average molecular weight is 519 g/mol. The van der Waals surface area contributed by atoms with Gasteiger partial charge in [0.05, 0.1) is 6.54 Å². The van der Waals surface area contributed by atoms with Gasteiger partial charge in [0.1, 0.15) is 12.2 Å². The van der Waals surface area contributed by atoms with Crippen LogP contribution in [0.5, 0.6) is 0 Å². The number of nitrogens with zero attached hydrogens (tertiary/aromatic N) is 5. The highest BCUT2D eigenvalue weighted by atomic mass is 127. The van der Waals surface area contributed by atoms with Crippen molar-refractivity contribution in [3.63, 3.8) is 0 Å². The summed E-state index contributed by atoms with van der Waals surface area (Å²) in [6, 6.07) is 0.352. The maximum Gasteiger partial charge on any atom is 0.225 e. The number of likely N-dealkylation sites (tertiary alicyclic amines) is 1. The van der Waals surface area contributed by atoms with Gasteiger partial charge in [-0.25, -0.2) is 0 Å². The highest BCUT2D eigenvalue weighted by Crippen LogP contribution is 2.17. The van der Waals surface area contributed by atoms with Crippen molar-refractivity contribution in [2.24, 2.45) is 10.9 Å². The predicted molar refractivity (Wildman–Crippen MR) is 128 cm³/mol. The van der Waals surface area contributed by atoms with Crippen molar-refractivity contribution in [3.05, 3.63) is 12.2 Å². The molecule has 1 amide bonds. The highest BCUT2D eigenvalue weighted by Gasteiger charge is 2.26. The fourth-order valence-electron chi connectivity index (χ4n) is 3.66. The lowest BCUT2D eigenvalue weighted by Gasteiger charge is -2.34. The second-order valence-corrected chi connectivity index (χ2v) is 7.31. The normalized spacial score (nSPS) is 15.3. The summed E-state index contributed by atoms with van der Waals surface area (Å²) in [6.45, 7) is 12.3. The first kappa shape index (κ1) is 25.6. The third-order valence-electron chi connectivity index (χ3n) is 5.45. The van der Waals surface area contributed by atoms with Crippen LogP contribution < -0.4 is 10.6 Å². The first-order chi connectivity index (χ1) is 13.6. The number of aromatic nitrogens is 3. The van der Waals surface area contributed by atoms with Crippen molar-refractivity contribution in [1.29, 1.82) is 0 Å². The van der Waals surface area contributed by atoms with Crippen LogP contribution in [-0.2, 0) is 17.8 Å². The van der Waals surface area contributed by atoms with Crippen LogP contribution in [0.1, 0.15) is 59.2 Å². The largest absolute Gasteiger partial charge is 0.357 e. The van der Waals surface area contributed by atoms with E-state index in [-0.39, 0.29) is 29.9 Å². The van der Waals surface area contributed by atoms with E-state index in [1.54, 1.807) is 6.33 Å². The van der Waals surface area contributed by atoms with Crippen LogP contribution in [0.2, 0.25) is 0 Å². The maximum absolute atomic E-state index is 12.6. The molecule has 1 aliphatic rings. The van der Waals surface area contributed by atoms with Crippen LogP contribution in [0.25, 0.3) is 0 Å². The van der Waals surface area contributed by atoms with Crippen LogP contribution in [0, 0.1) is 5.92 Å². The highest BCUT2D eigenvalue weighted by molar-refractivity contribution is 14.0. The summed E-state index contributed by atoms with van der Waals surface area (Å²) in [5.74, 6) is 2.33. The van der Waals surface area contributed by atoms with Gasteiger partial charge in [-0.2, -0.15) is 0 Å². The van der Waals surface area contributed by atoms with Crippen LogP contribution in [0.4, 0.5) is 0 Å². The first-order valence-electron chi connectivity index (χ1n) is 10.8. The van der Waals surface area contributed by atoms with Crippen molar-refractivity contribution >= 4 is 35.8 Å². The Morgan fingerprint density at radius 2 is 1.93 bits per heavy atom. The van der Waals surface area contributed by atoms with Crippen molar-refractivity contribution in [2.45, 2.75) is 72.4 Å². The Labute approximate surface area is 192 Å². The van der Waals surface area contributed by atoms with E-state index in [1.807, 2.05) is 4.90 Å². The lowest BCUT2D eigenvalue weighted by Crippen LogP contribution is -2.50. The Kier molecular flexibility index (Phi) is 12.2. The predicted octanol–water partition coefficient (Wildman–Crippen LogP) is 2.44. The van der Waals surface area contributed by atoms with Gasteiger partial charge in [-0.1, -0.05) is 20.8 Å². The van der Waals surface area contributed by atoms with E-state index in [0.29, 0.717) is 18.5 Å². The molecule has 0 aromatic carbocycles. The summed E-state index contributed by atoms with van der Waals surface area (Å²) in [4.78, 5) is 19.3. The van der Waals surface area contributed by atoms with Gasteiger partial charge in [0, 0.05) is 44.6 Å². The Hall–Kier alpha value is -1.39. The molecule has 1 aromatic heterocycles. The molecule has 2 heterocycles. The second-order valence-electron chi connectivity index (χ2n) is 7.31. The monoisotopic (exact) mass is 519 g/mol. The van der Waals surface area contributed by atoms with E-state index in [4.69, 9.17) is 4.99 Å². The zero-order valence-electron chi connectivity index (χ0n) is 18.4. The zero-order chi connectivity index (χ0) is 20.4. The first-order valence-corrected chi connectivity index (χ1v) is 10.8. The van der Waals surface area contributed by atoms with Gasteiger partial charge >= 0.3 is 0 Å². The zero-order valence-corrected chi connectivity index (χ0v) is 20.7. The molecule has 0 unspecified atom stereocenters. The topological polar surface area (TPSA) is 87.4 Å². The molecular formula is C20H38IN7O. The van der Waals surface area contributed by atoms with Crippen molar-refractivity contribution in [3.8, 4) is 0 Å². The molecule has 9 heteroatoms. The molecule has 0 atom stereocenters. The van der Waals surface area contributed by atoms with Gasteiger partial charge in [-0.05, 0) is 32.6 Å². The minimum Gasteiger partial charge on any atom is -0.357 e. The van der Waals surface area contributed by atoms with E-state index in [9.17, 15) is 4.79 Å². The molecule has 2 N–H and O–H groups in total. The molecule has 0 radical (unpaired) electrons. The van der Waals surface area contributed by atoms with E-state index >= 15 is 0 Å². The Bertz CT molecular complexity index is 622. The number of halogens is 1. The molecule has 0 bridgehead atoms. The minimum atomic E-state index is 0. The molecule has 1 fully saturated rings. The van der Waals surface area contributed by atoms with Gasteiger partial charge < -0.3 is 20.1 Å². The number of amides is 1. The smallest absolute Gasteiger partial charge is 0.225 e. The van der Waals surface area contributed by atoms with Crippen molar-refractivity contribution < 1.29 is 4.79 Å². The number of hydrogen-bond acceptors (Lipinski definition) is 4. The van der Waals surface area contributed by atoms with E-state index in [2.05, 4.69) is 53.1 Å². The molecule has 1 aromatic rings. The summed E-state index contributed by atoms with van der Waals surface area (Å²) in [5, 5.41) is 14.9. The summed E-state index contributed by atoms with van der Waals surface area (Å²) in [7, 11) is 0. The van der Waals surface area contributed by atoms with Crippen LogP contribution in [0.15, 0.2) is 11.3 Å². The van der Waals surface area contributed by atoms with Gasteiger partial charge in [0.2, 0.25) is 5.91 Å². The number of nitrogens with one attached hydrogen (secondary N) is 2. The molecule has 0 aliphatic carbocycles. The third-order valence-corrected chi connectivity index (χ3v) is 5.45. The quantitative estimate of drug-likeness (QED) is 0.298. The molecule has 2 rings (SSSR count). The van der Waals surface area contributed by atoms with E-state index < -0.39 is 0 Å². The number of aryl methyl sites for hydroxylation is 1. The molecule has 8 nitrogen and oxygen atoms in total. The molecule has 1 saturated heterocycles.